The first-order chi connectivity index (χ1) is 9.90. The van der Waals surface area contributed by atoms with Crippen molar-refractivity contribution in [3.63, 3.8) is 0 Å². The Morgan fingerprint density at radius 3 is 2.67 bits per heavy atom. The summed E-state index contributed by atoms with van der Waals surface area (Å²) < 4.78 is 26.6. The number of fused-ring (bicyclic) bond motifs is 1. The van der Waals surface area contributed by atoms with E-state index in [1.807, 2.05) is 13.8 Å². The van der Waals surface area contributed by atoms with Gasteiger partial charge < -0.3 is 0 Å². The van der Waals surface area contributed by atoms with Crippen LogP contribution in [0.3, 0.4) is 0 Å². The van der Waals surface area contributed by atoms with E-state index in [0.29, 0.717) is 5.56 Å². The van der Waals surface area contributed by atoms with Crippen LogP contribution in [-0.4, -0.2) is 29.0 Å². The van der Waals surface area contributed by atoms with Crippen LogP contribution in [0.15, 0.2) is 18.2 Å². The van der Waals surface area contributed by atoms with E-state index in [0.717, 1.165) is 38.4 Å². The molecule has 0 N–H and O–H groups in total. The lowest BCUT2D eigenvalue weighted by atomic mass is 9.86. The molecule has 1 atom stereocenters. The minimum atomic E-state index is -0.854. The lowest BCUT2D eigenvalue weighted by Crippen LogP contribution is -2.45. The van der Waals surface area contributed by atoms with Crippen LogP contribution in [0.25, 0.3) is 0 Å². The van der Waals surface area contributed by atoms with Crippen molar-refractivity contribution in [2.75, 3.05) is 13.1 Å². The van der Waals surface area contributed by atoms with Crippen LogP contribution < -0.4 is 0 Å². The monoisotopic (exact) mass is 294 g/mol. The molecule has 21 heavy (non-hydrogen) atoms. The predicted octanol–water partition coefficient (Wildman–Crippen LogP) is 3.28. The van der Waals surface area contributed by atoms with Gasteiger partial charge in [-0.15, -0.1) is 0 Å². The number of amides is 1. The second-order valence-electron chi connectivity index (χ2n) is 6.57. The number of carbonyl (C=O) groups is 1. The van der Waals surface area contributed by atoms with Crippen LogP contribution in [0, 0.1) is 17.0 Å². The molecular formula is C16H20F2N2O. The van der Waals surface area contributed by atoms with Crippen molar-refractivity contribution in [2.24, 2.45) is 5.41 Å². The van der Waals surface area contributed by atoms with E-state index < -0.39 is 17.0 Å². The van der Waals surface area contributed by atoms with Crippen LogP contribution in [-0.2, 0) is 4.79 Å². The van der Waals surface area contributed by atoms with Gasteiger partial charge in [-0.2, -0.15) is 0 Å². The third kappa shape index (κ3) is 2.44. The Bertz CT molecular complexity index is 573. The fourth-order valence-electron chi connectivity index (χ4n) is 3.34. The van der Waals surface area contributed by atoms with Gasteiger partial charge in [-0.25, -0.2) is 13.8 Å². The number of carbonyl (C=O) groups excluding carboxylic acids is 1. The fraction of sp³-hybridized carbons (Fsp3) is 0.562. The van der Waals surface area contributed by atoms with Crippen molar-refractivity contribution in [1.29, 1.82) is 0 Å². The third-order valence-electron chi connectivity index (χ3n) is 4.59. The van der Waals surface area contributed by atoms with Gasteiger partial charge in [-0.3, -0.25) is 9.80 Å². The molecule has 2 saturated heterocycles. The van der Waals surface area contributed by atoms with Gasteiger partial charge in [0.15, 0.2) is 11.6 Å². The summed E-state index contributed by atoms with van der Waals surface area (Å²) in [5, 5.41) is 3.84. The second kappa shape index (κ2) is 5.05. The zero-order valence-corrected chi connectivity index (χ0v) is 12.4. The van der Waals surface area contributed by atoms with Gasteiger partial charge in [0.25, 0.3) is 0 Å². The van der Waals surface area contributed by atoms with Crippen LogP contribution in [0.5, 0.6) is 0 Å². The van der Waals surface area contributed by atoms with Crippen molar-refractivity contribution in [1.82, 2.24) is 10.0 Å². The molecule has 0 unspecified atom stereocenters. The van der Waals surface area contributed by atoms with Crippen molar-refractivity contribution >= 4 is 5.91 Å². The molecule has 2 aliphatic rings. The number of halogens is 2. The molecule has 0 bridgehead atoms. The van der Waals surface area contributed by atoms with Crippen molar-refractivity contribution in [3.8, 4) is 0 Å². The maximum absolute atomic E-state index is 13.5. The summed E-state index contributed by atoms with van der Waals surface area (Å²) in [6.07, 6.45) is 2.58. The lowest BCUT2D eigenvalue weighted by Gasteiger charge is -2.34. The van der Waals surface area contributed by atoms with Gasteiger partial charge in [-0.05, 0) is 37.0 Å². The first-order valence-corrected chi connectivity index (χ1v) is 7.43. The van der Waals surface area contributed by atoms with Gasteiger partial charge >= 0.3 is 0 Å². The van der Waals surface area contributed by atoms with E-state index in [9.17, 15) is 13.6 Å². The summed E-state index contributed by atoms with van der Waals surface area (Å²) in [4.78, 5) is 12.8. The molecule has 2 heterocycles. The van der Waals surface area contributed by atoms with E-state index in [1.54, 1.807) is 11.1 Å². The molecule has 3 rings (SSSR count). The molecule has 0 radical (unpaired) electrons. The number of nitrogens with zero attached hydrogens (tertiary/aromatic N) is 2. The minimum absolute atomic E-state index is 0.0761. The SMILES string of the molecule is CC1(C)CCCN2CC[C@H](c3ccc(F)c(F)c3)N2C1=O. The molecule has 0 spiro atoms. The molecule has 5 heteroatoms. The standard InChI is InChI=1S/C16H20F2N2O/c1-16(2)7-3-8-19-9-6-14(20(19)15(16)21)11-4-5-12(17)13(18)10-11/h4-5,10,14H,3,6-9H2,1-2H3/t14-/m1/s1. The van der Waals surface area contributed by atoms with Crippen LogP contribution in [0.1, 0.15) is 44.7 Å². The topological polar surface area (TPSA) is 23.6 Å². The zero-order chi connectivity index (χ0) is 15.2. The van der Waals surface area contributed by atoms with E-state index in [-0.39, 0.29) is 11.9 Å². The highest BCUT2D eigenvalue weighted by molar-refractivity contribution is 5.82. The molecule has 3 nitrogen and oxygen atoms in total. The van der Waals surface area contributed by atoms with Crippen molar-refractivity contribution in [3.05, 3.63) is 35.4 Å². The van der Waals surface area contributed by atoms with Gasteiger partial charge in [0.2, 0.25) is 5.91 Å². The molecule has 1 aromatic carbocycles. The minimum Gasteiger partial charge on any atom is -0.273 e. The highest BCUT2D eigenvalue weighted by Gasteiger charge is 2.44. The van der Waals surface area contributed by atoms with Gasteiger partial charge in [0.05, 0.1) is 6.04 Å². The number of hydrogen-bond acceptors (Lipinski definition) is 2. The summed E-state index contributed by atoms with van der Waals surface area (Å²) in [5.41, 5.74) is 0.262. The Balaban J connectivity index is 1.96. The number of hydrazine groups is 1. The van der Waals surface area contributed by atoms with E-state index in [1.165, 1.54) is 6.07 Å². The number of rotatable bonds is 1. The fourth-order valence-corrected chi connectivity index (χ4v) is 3.34. The Kier molecular flexibility index (Phi) is 3.48. The van der Waals surface area contributed by atoms with Crippen molar-refractivity contribution in [2.45, 2.75) is 39.2 Å². The Morgan fingerprint density at radius 2 is 1.95 bits per heavy atom. The summed E-state index contributed by atoms with van der Waals surface area (Å²) in [6.45, 7) is 5.54. The predicted molar refractivity (Wildman–Crippen MR) is 75.2 cm³/mol. The average Bonchev–Trinajstić information content (AvgIpc) is 2.80. The Hall–Kier alpha value is -1.49. The summed E-state index contributed by atoms with van der Waals surface area (Å²) in [5.74, 6) is -1.63. The van der Waals surface area contributed by atoms with Crippen LogP contribution >= 0.6 is 0 Å². The molecule has 0 saturated carbocycles. The number of hydrogen-bond donors (Lipinski definition) is 0. The van der Waals surface area contributed by atoms with Gasteiger partial charge in [0.1, 0.15) is 0 Å². The lowest BCUT2D eigenvalue weighted by molar-refractivity contribution is -0.154. The molecule has 1 aromatic rings. The highest BCUT2D eigenvalue weighted by atomic mass is 19.2. The molecule has 114 valence electrons. The first kappa shape index (κ1) is 14.4. The maximum atomic E-state index is 13.5. The highest BCUT2D eigenvalue weighted by Crippen LogP contribution is 2.40. The number of benzene rings is 1. The average molecular weight is 294 g/mol. The summed E-state index contributed by atoms with van der Waals surface area (Å²) in [6, 6.07) is 3.75. The largest absolute Gasteiger partial charge is 0.273 e. The van der Waals surface area contributed by atoms with Crippen LogP contribution in [0.4, 0.5) is 8.78 Å². The third-order valence-corrected chi connectivity index (χ3v) is 4.59. The van der Waals surface area contributed by atoms with Crippen molar-refractivity contribution < 1.29 is 13.6 Å². The van der Waals surface area contributed by atoms with Crippen LogP contribution in [0.2, 0.25) is 0 Å². The second-order valence-corrected chi connectivity index (χ2v) is 6.57. The Labute approximate surface area is 123 Å². The summed E-state index contributed by atoms with van der Waals surface area (Å²) in [7, 11) is 0. The molecule has 0 aromatic heterocycles. The molecule has 0 aliphatic carbocycles. The summed E-state index contributed by atoms with van der Waals surface area (Å²) >= 11 is 0. The smallest absolute Gasteiger partial charge is 0.243 e. The van der Waals surface area contributed by atoms with E-state index in [2.05, 4.69) is 5.01 Å². The molecule has 2 fully saturated rings. The van der Waals surface area contributed by atoms with Gasteiger partial charge in [0, 0.05) is 18.5 Å². The van der Waals surface area contributed by atoms with E-state index >= 15 is 0 Å². The Morgan fingerprint density at radius 1 is 1.19 bits per heavy atom. The molecule has 1 amide bonds. The van der Waals surface area contributed by atoms with E-state index in [4.69, 9.17) is 0 Å². The molecule has 2 aliphatic heterocycles. The normalized spacial score (nSPS) is 25.8. The zero-order valence-electron chi connectivity index (χ0n) is 12.4. The van der Waals surface area contributed by atoms with Gasteiger partial charge in [-0.1, -0.05) is 19.9 Å². The quantitative estimate of drug-likeness (QED) is 0.793. The first-order valence-electron chi connectivity index (χ1n) is 7.43. The maximum Gasteiger partial charge on any atom is 0.243 e. The molecular weight excluding hydrogens is 274 g/mol.